The van der Waals surface area contributed by atoms with Crippen LogP contribution in [-0.4, -0.2) is 30.8 Å². The fourth-order valence-electron chi connectivity index (χ4n) is 2.50. The van der Waals surface area contributed by atoms with Crippen molar-refractivity contribution in [2.24, 2.45) is 0 Å². The third-order valence-electron chi connectivity index (χ3n) is 3.45. The molecule has 3 heterocycles. The number of hydrogen-bond acceptors (Lipinski definition) is 6. The van der Waals surface area contributed by atoms with E-state index in [2.05, 4.69) is 15.1 Å². The standard InChI is InChI=1S/C16H11F3N4OS2/c1-2-25-15-12(13-20-6-3-7-23(13)22-15)14-21-10-8-9(26-16(17,18)19)4-5-11(10)24-14/h3-8H,2H2,1H3. The molecular formula is C16H11F3N4OS2. The van der Waals surface area contributed by atoms with E-state index in [1.165, 1.54) is 30.0 Å². The maximum absolute atomic E-state index is 12.6. The molecule has 3 aromatic heterocycles. The molecule has 1 aromatic carbocycles. The first-order valence-electron chi connectivity index (χ1n) is 7.57. The Morgan fingerprint density at radius 1 is 1.27 bits per heavy atom. The monoisotopic (exact) mass is 396 g/mol. The lowest BCUT2D eigenvalue weighted by Crippen LogP contribution is -1.98. The zero-order valence-electron chi connectivity index (χ0n) is 13.3. The lowest BCUT2D eigenvalue weighted by atomic mass is 10.3. The second-order valence-electron chi connectivity index (χ2n) is 5.20. The topological polar surface area (TPSA) is 56.2 Å². The summed E-state index contributed by atoms with van der Waals surface area (Å²) in [5, 5.41) is 5.19. The van der Waals surface area contributed by atoms with Crippen molar-refractivity contribution in [2.75, 3.05) is 5.75 Å². The largest absolute Gasteiger partial charge is 0.446 e. The van der Waals surface area contributed by atoms with Crippen LogP contribution in [0.1, 0.15) is 6.92 Å². The number of halogens is 3. The summed E-state index contributed by atoms with van der Waals surface area (Å²) in [6.45, 7) is 2.00. The minimum absolute atomic E-state index is 0.0611. The molecule has 0 fully saturated rings. The van der Waals surface area contributed by atoms with Gasteiger partial charge in [-0.15, -0.1) is 11.8 Å². The summed E-state index contributed by atoms with van der Waals surface area (Å²) in [6, 6.07) is 5.99. The summed E-state index contributed by atoms with van der Waals surface area (Å²) in [7, 11) is 0. The molecule has 0 N–H and O–H groups in total. The minimum atomic E-state index is -4.35. The van der Waals surface area contributed by atoms with Gasteiger partial charge in [-0.3, -0.25) is 0 Å². The van der Waals surface area contributed by atoms with Crippen molar-refractivity contribution in [2.45, 2.75) is 22.4 Å². The summed E-state index contributed by atoms with van der Waals surface area (Å²) in [5.41, 5.74) is -2.36. The molecule has 0 aliphatic heterocycles. The number of benzene rings is 1. The van der Waals surface area contributed by atoms with Crippen LogP contribution in [0.15, 0.2) is 51.0 Å². The second-order valence-corrected chi connectivity index (χ2v) is 7.59. The molecule has 0 saturated carbocycles. The molecular weight excluding hydrogens is 385 g/mol. The Morgan fingerprint density at radius 3 is 2.88 bits per heavy atom. The molecule has 26 heavy (non-hydrogen) atoms. The lowest BCUT2D eigenvalue weighted by Gasteiger charge is -2.04. The highest BCUT2D eigenvalue weighted by atomic mass is 32.2. The van der Waals surface area contributed by atoms with Crippen LogP contribution in [0.25, 0.3) is 28.2 Å². The number of fused-ring (bicyclic) bond motifs is 2. The summed E-state index contributed by atoms with van der Waals surface area (Å²) in [5.74, 6) is 1.09. The molecule has 10 heteroatoms. The van der Waals surface area contributed by atoms with Crippen LogP contribution in [0.3, 0.4) is 0 Å². The molecule has 0 bridgehead atoms. The Bertz CT molecular complexity index is 1090. The highest BCUT2D eigenvalue weighted by Crippen LogP contribution is 2.39. The first-order chi connectivity index (χ1) is 12.4. The molecule has 4 rings (SSSR count). The van der Waals surface area contributed by atoms with E-state index < -0.39 is 5.51 Å². The van der Waals surface area contributed by atoms with Gasteiger partial charge in [-0.2, -0.15) is 18.3 Å². The first kappa shape index (κ1) is 17.2. The Hall–Kier alpha value is -2.20. The Kier molecular flexibility index (Phi) is 4.31. The Labute approximate surface area is 154 Å². The molecule has 0 amide bonds. The quantitative estimate of drug-likeness (QED) is 0.439. The molecule has 0 aliphatic rings. The van der Waals surface area contributed by atoms with Gasteiger partial charge >= 0.3 is 5.51 Å². The van der Waals surface area contributed by atoms with Gasteiger partial charge in [0.25, 0.3) is 0 Å². The van der Waals surface area contributed by atoms with Gasteiger partial charge in [0.1, 0.15) is 16.1 Å². The highest BCUT2D eigenvalue weighted by Gasteiger charge is 2.29. The lowest BCUT2D eigenvalue weighted by molar-refractivity contribution is -0.0328. The van der Waals surface area contributed by atoms with Crippen LogP contribution >= 0.6 is 23.5 Å². The van der Waals surface area contributed by atoms with E-state index in [0.29, 0.717) is 33.2 Å². The molecule has 5 nitrogen and oxygen atoms in total. The number of thioether (sulfide) groups is 2. The van der Waals surface area contributed by atoms with Crippen molar-refractivity contribution >= 4 is 40.3 Å². The van der Waals surface area contributed by atoms with Crippen LogP contribution in [0, 0.1) is 0 Å². The molecule has 0 atom stereocenters. The van der Waals surface area contributed by atoms with Crippen molar-refractivity contribution < 1.29 is 17.6 Å². The Morgan fingerprint density at radius 2 is 2.12 bits per heavy atom. The molecule has 0 saturated heterocycles. The molecule has 4 aromatic rings. The van der Waals surface area contributed by atoms with E-state index in [0.717, 1.165) is 5.75 Å². The SMILES string of the molecule is CCSc1nn2cccnc2c1-c1nc2cc(SC(F)(F)F)ccc2o1. The number of rotatable bonds is 4. The summed E-state index contributed by atoms with van der Waals surface area (Å²) >= 11 is 1.34. The maximum Gasteiger partial charge on any atom is 0.446 e. The third-order valence-corrected chi connectivity index (χ3v) is 5.02. The van der Waals surface area contributed by atoms with Gasteiger partial charge in [-0.25, -0.2) is 14.5 Å². The van der Waals surface area contributed by atoms with E-state index in [4.69, 9.17) is 4.42 Å². The second kappa shape index (κ2) is 6.51. The fourth-order valence-corrected chi connectivity index (χ4v) is 3.82. The van der Waals surface area contributed by atoms with Crippen molar-refractivity contribution in [3.63, 3.8) is 0 Å². The molecule has 134 valence electrons. The number of oxazole rings is 1. The van der Waals surface area contributed by atoms with Gasteiger partial charge in [0, 0.05) is 17.3 Å². The van der Waals surface area contributed by atoms with Gasteiger partial charge in [0.05, 0.1) is 0 Å². The van der Waals surface area contributed by atoms with Gasteiger partial charge < -0.3 is 4.42 Å². The zero-order chi connectivity index (χ0) is 18.3. The van der Waals surface area contributed by atoms with Gasteiger partial charge in [0.2, 0.25) is 5.89 Å². The molecule has 0 spiro atoms. The number of alkyl halides is 3. The minimum Gasteiger partial charge on any atom is -0.436 e. The van der Waals surface area contributed by atoms with Gasteiger partial charge in [0.15, 0.2) is 11.2 Å². The highest BCUT2D eigenvalue weighted by molar-refractivity contribution is 8.00. The van der Waals surface area contributed by atoms with Crippen LogP contribution in [0.5, 0.6) is 0 Å². The number of aromatic nitrogens is 4. The normalized spacial score (nSPS) is 12.3. The average Bonchev–Trinajstić information content (AvgIpc) is 3.13. The van der Waals surface area contributed by atoms with E-state index >= 15 is 0 Å². The smallest absolute Gasteiger partial charge is 0.436 e. The van der Waals surface area contributed by atoms with E-state index in [1.807, 2.05) is 6.92 Å². The van der Waals surface area contributed by atoms with Crippen molar-refractivity contribution in [1.29, 1.82) is 0 Å². The summed E-state index contributed by atoms with van der Waals surface area (Å²) < 4.78 is 45.2. The maximum atomic E-state index is 12.6. The van der Waals surface area contributed by atoms with Crippen molar-refractivity contribution in [1.82, 2.24) is 19.6 Å². The number of nitrogens with zero attached hydrogens (tertiary/aromatic N) is 4. The van der Waals surface area contributed by atoms with E-state index in [1.54, 1.807) is 23.0 Å². The van der Waals surface area contributed by atoms with E-state index in [-0.39, 0.29) is 16.7 Å². The zero-order valence-corrected chi connectivity index (χ0v) is 15.0. The predicted molar refractivity (Wildman–Crippen MR) is 94.3 cm³/mol. The molecule has 0 aliphatic carbocycles. The summed E-state index contributed by atoms with van der Waals surface area (Å²) in [6.07, 6.45) is 3.41. The van der Waals surface area contributed by atoms with Crippen LogP contribution in [-0.2, 0) is 0 Å². The molecule has 0 unspecified atom stereocenters. The van der Waals surface area contributed by atoms with Gasteiger partial charge in [-0.05, 0) is 41.8 Å². The molecule has 0 radical (unpaired) electrons. The van der Waals surface area contributed by atoms with Crippen LogP contribution in [0.2, 0.25) is 0 Å². The van der Waals surface area contributed by atoms with Gasteiger partial charge in [-0.1, -0.05) is 6.92 Å². The summed E-state index contributed by atoms with van der Waals surface area (Å²) in [4.78, 5) is 8.78. The average molecular weight is 396 g/mol. The fraction of sp³-hybridized carbons (Fsp3) is 0.188. The predicted octanol–water partition coefficient (Wildman–Crippen LogP) is 5.26. The Balaban J connectivity index is 1.84. The van der Waals surface area contributed by atoms with Crippen LogP contribution < -0.4 is 0 Å². The van der Waals surface area contributed by atoms with Crippen molar-refractivity contribution in [3.8, 4) is 11.5 Å². The first-order valence-corrected chi connectivity index (χ1v) is 9.37. The van der Waals surface area contributed by atoms with Crippen molar-refractivity contribution in [3.05, 3.63) is 36.7 Å². The van der Waals surface area contributed by atoms with E-state index in [9.17, 15) is 13.2 Å². The third kappa shape index (κ3) is 3.26. The van der Waals surface area contributed by atoms with Crippen LogP contribution in [0.4, 0.5) is 13.2 Å². The number of hydrogen-bond donors (Lipinski definition) is 0.